The van der Waals surface area contributed by atoms with Crippen molar-refractivity contribution in [3.05, 3.63) is 194 Å². The molecule has 9 aromatic carbocycles. The third-order valence-electron chi connectivity index (χ3n) is 11.5. The van der Waals surface area contributed by atoms with Crippen molar-refractivity contribution in [2.45, 2.75) is 0 Å². The standard InChI is InChI=1S/C52H32N4/c1-3-17-34(18-4-1)49-41-26-11-13-28-43(41)53-52(54-49)35-19-15-22-37(32-35)56-45-31-30-33-16-7-8-23-38(33)47(45)48-40-25-10-9-24-39(40)46-42-27-12-14-29-44(42)55(50(46)51(48)56)36-20-5-2-6-21-36/h1-32H. The minimum absolute atomic E-state index is 0.699. The number of hydrogen-bond donors (Lipinski definition) is 0. The molecule has 0 N–H and O–H groups in total. The summed E-state index contributed by atoms with van der Waals surface area (Å²) in [5, 5.41) is 11.0. The third-order valence-corrected chi connectivity index (χ3v) is 11.5. The highest BCUT2D eigenvalue weighted by atomic mass is 15.0. The Kier molecular flexibility index (Phi) is 6.60. The van der Waals surface area contributed by atoms with E-state index in [0.29, 0.717) is 5.82 Å². The van der Waals surface area contributed by atoms with Gasteiger partial charge in [0.15, 0.2) is 5.82 Å². The maximum Gasteiger partial charge on any atom is 0.160 e. The highest BCUT2D eigenvalue weighted by Gasteiger charge is 2.25. The fourth-order valence-corrected chi connectivity index (χ4v) is 9.12. The van der Waals surface area contributed by atoms with E-state index in [4.69, 9.17) is 9.97 Å². The quantitative estimate of drug-likeness (QED) is 0.182. The van der Waals surface area contributed by atoms with Gasteiger partial charge in [-0.25, -0.2) is 9.97 Å². The molecular weight excluding hydrogens is 681 g/mol. The van der Waals surface area contributed by atoms with E-state index in [1.807, 2.05) is 12.1 Å². The number of nitrogens with zero attached hydrogens (tertiary/aromatic N) is 4. The first kappa shape index (κ1) is 30.9. The molecule has 0 fully saturated rings. The predicted octanol–water partition coefficient (Wildman–Crippen LogP) is 13.5. The molecule has 260 valence electrons. The molecule has 0 aliphatic heterocycles. The van der Waals surface area contributed by atoms with Gasteiger partial charge in [-0.15, -0.1) is 0 Å². The first-order valence-corrected chi connectivity index (χ1v) is 19.1. The van der Waals surface area contributed by atoms with Gasteiger partial charge in [0.1, 0.15) is 0 Å². The van der Waals surface area contributed by atoms with Crippen LogP contribution in [-0.2, 0) is 0 Å². The van der Waals surface area contributed by atoms with Gasteiger partial charge in [0.05, 0.1) is 33.3 Å². The molecule has 0 bridgehead atoms. The van der Waals surface area contributed by atoms with Crippen LogP contribution in [0.15, 0.2) is 194 Å². The third kappa shape index (κ3) is 4.41. The Morgan fingerprint density at radius 1 is 0.339 bits per heavy atom. The molecule has 0 aliphatic rings. The van der Waals surface area contributed by atoms with Crippen molar-refractivity contribution in [3.8, 4) is 34.0 Å². The predicted molar refractivity (Wildman–Crippen MR) is 234 cm³/mol. The van der Waals surface area contributed by atoms with Crippen LogP contribution in [0, 0.1) is 0 Å². The van der Waals surface area contributed by atoms with Gasteiger partial charge in [0, 0.05) is 49.4 Å². The van der Waals surface area contributed by atoms with Gasteiger partial charge < -0.3 is 9.13 Å². The molecular formula is C52H32N4. The Balaban J connectivity index is 1.26. The van der Waals surface area contributed by atoms with Gasteiger partial charge in [-0.1, -0.05) is 152 Å². The number of rotatable bonds is 4. The van der Waals surface area contributed by atoms with Crippen LogP contribution in [0.4, 0.5) is 0 Å². The molecule has 0 spiro atoms. The Hall–Kier alpha value is -7.56. The fraction of sp³-hybridized carbons (Fsp3) is 0. The normalized spacial score (nSPS) is 11.9. The highest BCUT2D eigenvalue weighted by Crippen LogP contribution is 2.48. The fourth-order valence-electron chi connectivity index (χ4n) is 9.12. The van der Waals surface area contributed by atoms with Gasteiger partial charge >= 0.3 is 0 Å². The maximum atomic E-state index is 5.28. The zero-order valence-electron chi connectivity index (χ0n) is 30.3. The average molecular weight is 713 g/mol. The second-order valence-electron chi connectivity index (χ2n) is 14.5. The number of benzene rings is 9. The summed E-state index contributed by atoms with van der Waals surface area (Å²) in [4.78, 5) is 10.4. The van der Waals surface area contributed by atoms with Crippen LogP contribution in [0.3, 0.4) is 0 Å². The van der Waals surface area contributed by atoms with E-state index in [1.165, 1.54) is 59.6 Å². The molecule has 0 amide bonds. The van der Waals surface area contributed by atoms with E-state index in [-0.39, 0.29) is 0 Å². The van der Waals surface area contributed by atoms with Gasteiger partial charge in [-0.3, -0.25) is 0 Å². The van der Waals surface area contributed by atoms with Crippen LogP contribution in [-0.4, -0.2) is 19.1 Å². The van der Waals surface area contributed by atoms with E-state index in [2.05, 4.69) is 191 Å². The van der Waals surface area contributed by atoms with Crippen molar-refractivity contribution in [2.75, 3.05) is 0 Å². The molecule has 4 heteroatoms. The monoisotopic (exact) mass is 712 g/mol. The number of fused-ring (bicyclic) bond motifs is 13. The molecule has 3 aromatic heterocycles. The Bertz CT molecular complexity index is 3520. The lowest BCUT2D eigenvalue weighted by Gasteiger charge is -2.15. The van der Waals surface area contributed by atoms with Crippen molar-refractivity contribution in [1.82, 2.24) is 19.1 Å². The molecule has 4 nitrogen and oxygen atoms in total. The molecule has 0 unspecified atom stereocenters. The molecule has 0 radical (unpaired) electrons. The summed E-state index contributed by atoms with van der Waals surface area (Å²) >= 11 is 0. The van der Waals surface area contributed by atoms with E-state index in [9.17, 15) is 0 Å². The van der Waals surface area contributed by atoms with E-state index < -0.39 is 0 Å². The van der Waals surface area contributed by atoms with Gasteiger partial charge in [0.2, 0.25) is 0 Å². The van der Waals surface area contributed by atoms with Gasteiger partial charge in [0.25, 0.3) is 0 Å². The average Bonchev–Trinajstić information content (AvgIpc) is 3.81. The van der Waals surface area contributed by atoms with Crippen molar-refractivity contribution >= 4 is 76.1 Å². The lowest BCUT2D eigenvalue weighted by atomic mass is 9.96. The Morgan fingerprint density at radius 3 is 1.75 bits per heavy atom. The molecule has 0 atom stereocenters. The summed E-state index contributed by atoms with van der Waals surface area (Å²) in [5.41, 5.74) is 10.8. The molecule has 0 saturated carbocycles. The molecule has 0 saturated heterocycles. The lowest BCUT2D eigenvalue weighted by molar-refractivity contribution is 1.15. The van der Waals surface area contributed by atoms with Crippen LogP contribution in [0.1, 0.15) is 0 Å². The minimum atomic E-state index is 0.699. The van der Waals surface area contributed by atoms with Crippen molar-refractivity contribution in [1.29, 1.82) is 0 Å². The van der Waals surface area contributed by atoms with Crippen LogP contribution in [0.2, 0.25) is 0 Å². The van der Waals surface area contributed by atoms with Crippen LogP contribution >= 0.6 is 0 Å². The smallest absolute Gasteiger partial charge is 0.160 e. The maximum absolute atomic E-state index is 5.28. The van der Waals surface area contributed by atoms with Crippen LogP contribution in [0.5, 0.6) is 0 Å². The van der Waals surface area contributed by atoms with Crippen molar-refractivity contribution < 1.29 is 0 Å². The Labute approximate surface area is 322 Å². The second-order valence-corrected chi connectivity index (χ2v) is 14.5. The van der Waals surface area contributed by atoms with Crippen LogP contribution in [0.25, 0.3) is 110 Å². The SMILES string of the molecule is c1ccc(-c2nc(-c3cccc(-n4c5ccc6ccccc6c5c5c6ccccc6c6c7ccccc7n(-c7ccccc7)c6c54)c3)nc3ccccc23)cc1. The largest absolute Gasteiger partial charge is 0.307 e. The number of aromatic nitrogens is 4. The minimum Gasteiger partial charge on any atom is -0.307 e. The van der Waals surface area contributed by atoms with Crippen molar-refractivity contribution in [3.63, 3.8) is 0 Å². The first-order valence-electron chi connectivity index (χ1n) is 19.1. The molecule has 12 aromatic rings. The number of para-hydroxylation sites is 3. The molecule has 0 aliphatic carbocycles. The Morgan fingerprint density at radius 2 is 0.929 bits per heavy atom. The highest BCUT2D eigenvalue weighted by molar-refractivity contribution is 6.39. The summed E-state index contributed by atoms with van der Waals surface area (Å²) in [7, 11) is 0. The molecule has 12 rings (SSSR count). The molecule has 3 heterocycles. The zero-order valence-corrected chi connectivity index (χ0v) is 30.3. The van der Waals surface area contributed by atoms with E-state index in [1.54, 1.807) is 0 Å². The summed E-state index contributed by atoms with van der Waals surface area (Å²) < 4.78 is 4.96. The number of hydrogen-bond acceptors (Lipinski definition) is 2. The topological polar surface area (TPSA) is 35.6 Å². The van der Waals surface area contributed by atoms with Gasteiger partial charge in [-0.05, 0) is 64.0 Å². The molecule has 56 heavy (non-hydrogen) atoms. The van der Waals surface area contributed by atoms with E-state index >= 15 is 0 Å². The second kappa shape index (κ2) is 12.0. The van der Waals surface area contributed by atoms with Crippen molar-refractivity contribution in [2.24, 2.45) is 0 Å². The summed E-state index contributed by atoms with van der Waals surface area (Å²) in [6.45, 7) is 0. The van der Waals surface area contributed by atoms with E-state index in [0.717, 1.165) is 44.6 Å². The van der Waals surface area contributed by atoms with Crippen LogP contribution < -0.4 is 0 Å². The van der Waals surface area contributed by atoms with Gasteiger partial charge in [-0.2, -0.15) is 0 Å². The lowest BCUT2D eigenvalue weighted by Crippen LogP contribution is -2.00. The summed E-state index contributed by atoms with van der Waals surface area (Å²) in [6.07, 6.45) is 0. The summed E-state index contributed by atoms with van der Waals surface area (Å²) in [6, 6.07) is 69.5. The first-order chi connectivity index (χ1) is 27.8. The summed E-state index contributed by atoms with van der Waals surface area (Å²) in [5.74, 6) is 0.699. The zero-order chi connectivity index (χ0) is 36.7.